The molecule has 0 amide bonds. The molecule has 1 aromatic heterocycles. The van der Waals surface area contributed by atoms with Crippen LogP contribution in [0.3, 0.4) is 0 Å². The van der Waals surface area contributed by atoms with E-state index < -0.39 is 10.0 Å². The highest BCUT2D eigenvalue weighted by atomic mass is 35.5. The molecule has 2 unspecified atom stereocenters. The second-order valence-corrected chi connectivity index (χ2v) is 7.25. The van der Waals surface area contributed by atoms with Gasteiger partial charge in [-0.15, -0.1) is 0 Å². The Morgan fingerprint density at radius 3 is 2.72 bits per heavy atom. The van der Waals surface area contributed by atoms with Crippen molar-refractivity contribution in [1.82, 2.24) is 9.29 Å². The number of aromatic nitrogens is 1. The van der Waals surface area contributed by atoms with Gasteiger partial charge in [0.1, 0.15) is 5.15 Å². The van der Waals surface area contributed by atoms with Crippen LogP contribution in [0.2, 0.25) is 5.15 Å². The zero-order valence-corrected chi connectivity index (χ0v) is 12.1. The summed E-state index contributed by atoms with van der Waals surface area (Å²) in [4.78, 5) is 4.03. The summed E-state index contributed by atoms with van der Waals surface area (Å²) in [5.74, 6) is 0.948. The van der Waals surface area contributed by atoms with E-state index >= 15 is 0 Å². The van der Waals surface area contributed by atoms with Crippen LogP contribution in [0.15, 0.2) is 23.2 Å². The standard InChI is InChI=1S/C12H17ClN2O2S/c1-9-4-6-15(8-10(9)2)18(16,17)11-3-5-14-12(13)7-11/h3,5,7,9-10H,4,6,8H2,1-2H3. The zero-order chi connectivity index (χ0) is 13.3. The molecule has 1 aliphatic rings. The van der Waals surface area contributed by atoms with E-state index in [-0.39, 0.29) is 10.0 Å². The molecular weight excluding hydrogens is 272 g/mol. The topological polar surface area (TPSA) is 50.3 Å². The lowest BCUT2D eigenvalue weighted by Crippen LogP contribution is -2.42. The van der Waals surface area contributed by atoms with E-state index in [1.54, 1.807) is 4.31 Å². The fourth-order valence-corrected chi connectivity index (χ4v) is 3.94. The number of halogens is 1. The number of pyridine rings is 1. The number of nitrogens with zero attached hydrogens (tertiary/aromatic N) is 2. The Balaban J connectivity index is 2.27. The molecule has 1 aliphatic heterocycles. The predicted octanol–water partition coefficient (Wildman–Crippen LogP) is 2.40. The molecule has 6 heteroatoms. The van der Waals surface area contributed by atoms with Crippen molar-refractivity contribution in [3.8, 4) is 0 Å². The molecule has 0 radical (unpaired) electrons. The second-order valence-electron chi connectivity index (χ2n) is 4.92. The molecule has 0 aliphatic carbocycles. The smallest absolute Gasteiger partial charge is 0.243 e. The maximum atomic E-state index is 12.4. The van der Waals surface area contributed by atoms with E-state index in [1.165, 1.54) is 18.3 Å². The van der Waals surface area contributed by atoms with Gasteiger partial charge in [0, 0.05) is 19.3 Å². The third kappa shape index (κ3) is 2.68. The molecule has 18 heavy (non-hydrogen) atoms. The summed E-state index contributed by atoms with van der Waals surface area (Å²) >= 11 is 5.75. The Labute approximate surface area is 113 Å². The summed E-state index contributed by atoms with van der Waals surface area (Å²) in [7, 11) is -3.43. The SMILES string of the molecule is CC1CCN(S(=O)(=O)c2ccnc(Cl)c2)CC1C. The Bertz CT molecular complexity index is 533. The lowest BCUT2D eigenvalue weighted by molar-refractivity contribution is 0.212. The van der Waals surface area contributed by atoms with E-state index in [2.05, 4.69) is 18.8 Å². The average molecular weight is 289 g/mol. The third-order valence-electron chi connectivity index (χ3n) is 3.63. The van der Waals surface area contributed by atoms with Crippen LogP contribution in [-0.4, -0.2) is 30.8 Å². The zero-order valence-electron chi connectivity index (χ0n) is 10.5. The minimum atomic E-state index is -3.43. The highest BCUT2D eigenvalue weighted by Crippen LogP contribution is 2.27. The maximum absolute atomic E-state index is 12.4. The molecule has 4 nitrogen and oxygen atoms in total. The first-order valence-electron chi connectivity index (χ1n) is 6.03. The normalized spacial score (nSPS) is 26.2. The molecule has 2 rings (SSSR count). The van der Waals surface area contributed by atoms with Crippen LogP contribution in [0.1, 0.15) is 20.3 Å². The van der Waals surface area contributed by atoms with Crippen molar-refractivity contribution in [3.05, 3.63) is 23.5 Å². The molecule has 2 heterocycles. The largest absolute Gasteiger partial charge is 0.244 e. The van der Waals surface area contributed by atoms with Gasteiger partial charge in [-0.25, -0.2) is 13.4 Å². The monoisotopic (exact) mass is 288 g/mol. The van der Waals surface area contributed by atoms with Gasteiger partial charge in [0.15, 0.2) is 0 Å². The molecule has 100 valence electrons. The lowest BCUT2D eigenvalue weighted by atomic mass is 9.90. The molecule has 1 aromatic rings. The number of sulfonamides is 1. The van der Waals surface area contributed by atoms with Gasteiger partial charge in [0.25, 0.3) is 0 Å². The number of hydrogen-bond donors (Lipinski definition) is 0. The fourth-order valence-electron chi connectivity index (χ4n) is 2.14. The highest BCUT2D eigenvalue weighted by Gasteiger charge is 2.31. The Morgan fingerprint density at radius 2 is 2.11 bits per heavy atom. The number of piperidine rings is 1. The predicted molar refractivity (Wildman–Crippen MR) is 71.0 cm³/mol. The van der Waals surface area contributed by atoms with Gasteiger partial charge < -0.3 is 0 Å². The van der Waals surface area contributed by atoms with Crippen molar-refractivity contribution >= 4 is 21.6 Å². The number of hydrogen-bond acceptors (Lipinski definition) is 3. The van der Waals surface area contributed by atoms with Crippen LogP contribution in [0.5, 0.6) is 0 Å². The van der Waals surface area contributed by atoms with Crippen LogP contribution < -0.4 is 0 Å². The van der Waals surface area contributed by atoms with Gasteiger partial charge in [-0.2, -0.15) is 4.31 Å². The average Bonchev–Trinajstić information content (AvgIpc) is 2.32. The molecule has 0 aromatic carbocycles. The summed E-state index contributed by atoms with van der Waals surface area (Å²) in [6.07, 6.45) is 2.32. The van der Waals surface area contributed by atoms with Gasteiger partial charge in [0.2, 0.25) is 10.0 Å². The molecule has 2 atom stereocenters. The molecule has 0 spiro atoms. The minimum absolute atomic E-state index is 0.203. The first-order chi connectivity index (χ1) is 8.41. The van der Waals surface area contributed by atoms with Crippen molar-refractivity contribution in [2.24, 2.45) is 11.8 Å². The lowest BCUT2D eigenvalue weighted by Gasteiger charge is -2.34. The molecule has 0 saturated carbocycles. The summed E-state index contributed by atoms with van der Waals surface area (Å²) in [6.45, 7) is 5.40. The summed E-state index contributed by atoms with van der Waals surface area (Å²) < 4.78 is 26.4. The van der Waals surface area contributed by atoms with Gasteiger partial charge in [-0.1, -0.05) is 25.4 Å². The van der Waals surface area contributed by atoms with Gasteiger partial charge in [-0.05, 0) is 30.4 Å². The highest BCUT2D eigenvalue weighted by molar-refractivity contribution is 7.89. The van der Waals surface area contributed by atoms with Crippen molar-refractivity contribution in [3.63, 3.8) is 0 Å². The summed E-state index contributed by atoms with van der Waals surface area (Å²) in [5, 5.41) is 0.203. The van der Waals surface area contributed by atoms with E-state index in [0.29, 0.717) is 24.9 Å². The minimum Gasteiger partial charge on any atom is -0.244 e. The van der Waals surface area contributed by atoms with E-state index in [1.807, 2.05) is 0 Å². The first-order valence-corrected chi connectivity index (χ1v) is 7.85. The quantitative estimate of drug-likeness (QED) is 0.785. The number of rotatable bonds is 2. The Kier molecular flexibility index (Phi) is 3.94. The van der Waals surface area contributed by atoms with Crippen LogP contribution in [-0.2, 0) is 10.0 Å². The van der Waals surface area contributed by atoms with Crippen LogP contribution in [0, 0.1) is 11.8 Å². The van der Waals surface area contributed by atoms with Crippen molar-refractivity contribution < 1.29 is 8.42 Å². The Morgan fingerprint density at radius 1 is 1.39 bits per heavy atom. The van der Waals surface area contributed by atoms with Gasteiger partial charge in [0.05, 0.1) is 4.90 Å². The third-order valence-corrected chi connectivity index (χ3v) is 5.70. The molecule has 0 N–H and O–H groups in total. The second kappa shape index (κ2) is 5.15. The first kappa shape index (κ1) is 13.8. The van der Waals surface area contributed by atoms with Crippen molar-refractivity contribution in [2.45, 2.75) is 25.2 Å². The van der Waals surface area contributed by atoms with E-state index in [4.69, 9.17) is 11.6 Å². The molecule has 1 fully saturated rings. The molecule has 1 saturated heterocycles. The summed E-state index contributed by atoms with van der Waals surface area (Å²) in [6, 6.07) is 2.89. The molecular formula is C12H17ClN2O2S. The van der Waals surface area contributed by atoms with Crippen LogP contribution in [0.4, 0.5) is 0 Å². The Hall–Kier alpha value is -0.650. The van der Waals surface area contributed by atoms with Crippen molar-refractivity contribution in [2.75, 3.05) is 13.1 Å². The van der Waals surface area contributed by atoms with Crippen LogP contribution >= 0.6 is 11.6 Å². The van der Waals surface area contributed by atoms with Crippen molar-refractivity contribution in [1.29, 1.82) is 0 Å². The van der Waals surface area contributed by atoms with E-state index in [9.17, 15) is 8.42 Å². The summed E-state index contributed by atoms with van der Waals surface area (Å²) in [5.41, 5.74) is 0. The molecule has 0 bridgehead atoms. The van der Waals surface area contributed by atoms with Gasteiger partial charge in [-0.3, -0.25) is 0 Å². The van der Waals surface area contributed by atoms with Crippen LogP contribution in [0.25, 0.3) is 0 Å². The fraction of sp³-hybridized carbons (Fsp3) is 0.583. The maximum Gasteiger partial charge on any atom is 0.243 e. The van der Waals surface area contributed by atoms with Gasteiger partial charge >= 0.3 is 0 Å². The van der Waals surface area contributed by atoms with E-state index in [0.717, 1.165) is 6.42 Å².